The van der Waals surface area contributed by atoms with E-state index < -0.39 is 0 Å². The second-order valence-electron chi connectivity index (χ2n) is 5.79. The van der Waals surface area contributed by atoms with Gasteiger partial charge in [0, 0.05) is 32.7 Å². The Morgan fingerprint density at radius 3 is 2.57 bits per heavy atom. The van der Waals surface area contributed by atoms with E-state index >= 15 is 0 Å². The molecule has 0 radical (unpaired) electrons. The van der Waals surface area contributed by atoms with E-state index in [-0.39, 0.29) is 12.5 Å². The Morgan fingerprint density at radius 2 is 1.86 bits per heavy atom. The Morgan fingerprint density at radius 1 is 1.14 bits per heavy atom. The van der Waals surface area contributed by atoms with E-state index in [2.05, 4.69) is 6.58 Å². The van der Waals surface area contributed by atoms with Crippen LogP contribution in [-0.2, 0) is 11.4 Å². The van der Waals surface area contributed by atoms with Crippen molar-refractivity contribution in [2.24, 2.45) is 0 Å². The Bertz CT molecular complexity index is 991. The van der Waals surface area contributed by atoms with Crippen molar-refractivity contribution in [3.63, 3.8) is 0 Å². The van der Waals surface area contributed by atoms with Crippen LogP contribution in [0, 0.1) is 0 Å². The van der Waals surface area contributed by atoms with Crippen molar-refractivity contribution in [3.05, 3.63) is 80.2 Å². The van der Waals surface area contributed by atoms with Crippen LogP contribution in [0.15, 0.2) is 54.0 Å². The number of ether oxygens (including phenoxy) is 1. The Labute approximate surface area is 187 Å². The van der Waals surface area contributed by atoms with Crippen LogP contribution in [0.2, 0.25) is 15.1 Å². The maximum atomic E-state index is 12.6. The molecule has 8 heteroatoms. The predicted octanol–water partition coefficient (Wildman–Crippen LogP) is 6.61. The molecule has 0 unspecified atom stereocenters. The van der Waals surface area contributed by atoms with Crippen molar-refractivity contribution in [1.29, 1.82) is 0 Å². The van der Waals surface area contributed by atoms with Gasteiger partial charge in [-0.1, -0.05) is 70.9 Å². The third-order valence-electron chi connectivity index (χ3n) is 3.84. The Kier molecular flexibility index (Phi) is 7.07. The fraction of sp³-hybridized carbons (Fsp3) is 0.100. The van der Waals surface area contributed by atoms with E-state index in [9.17, 15) is 4.79 Å². The normalized spacial score (nSPS) is 15.4. The van der Waals surface area contributed by atoms with Crippen LogP contribution < -0.4 is 4.74 Å². The summed E-state index contributed by atoms with van der Waals surface area (Å²) in [6.45, 7) is 4.27. The van der Waals surface area contributed by atoms with Gasteiger partial charge in [0.2, 0.25) is 0 Å². The van der Waals surface area contributed by atoms with Gasteiger partial charge in [-0.3, -0.25) is 9.69 Å². The van der Waals surface area contributed by atoms with Crippen LogP contribution in [0.1, 0.15) is 11.1 Å². The molecule has 0 N–H and O–H groups in total. The molecule has 2 aromatic carbocycles. The van der Waals surface area contributed by atoms with Gasteiger partial charge in [-0.05, 0) is 36.4 Å². The molecule has 0 spiro atoms. The summed E-state index contributed by atoms with van der Waals surface area (Å²) < 4.78 is 6.43. The number of rotatable bonds is 6. The molecular weight excluding hydrogens is 457 g/mol. The van der Waals surface area contributed by atoms with Crippen LogP contribution >= 0.6 is 58.8 Å². The van der Waals surface area contributed by atoms with Gasteiger partial charge >= 0.3 is 0 Å². The standard InChI is InChI=1S/C20H14Cl3NO2S2/c1-2-7-24-19(25)18(28-20(24)27)9-13-8-14(21)5-6-17(13)26-11-12-3-4-15(22)10-16(12)23/h2-6,8-10H,1,7,11H2. The summed E-state index contributed by atoms with van der Waals surface area (Å²) in [5, 5.41) is 1.61. The van der Waals surface area contributed by atoms with Crippen LogP contribution in [0.4, 0.5) is 0 Å². The lowest BCUT2D eigenvalue weighted by Crippen LogP contribution is -2.27. The van der Waals surface area contributed by atoms with Gasteiger partial charge in [-0.2, -0.15) is 0 Å². The molecule has 1 aliphatic heterocycles. The maximum Gasteiger partial charge on any atom is 0.266 e. The third kappa shape index (κ3) is 4.91. The SMILES string of the molecule is C=CCN1C(=O)C(=Cc2cc(Cl)ccc2OCc2ccc(Cl)cc2Cl)SC1=S. The largest absolute Gasteiger partial charge is 0.488 e. The zero-order valence-electron chi connectivity index (χ0n) is 14.5. The van der Waals surface area contributed by atoms with E-state index in [0.29, 0.717) is 42.2 Å². The molecule has 1 fully saturated rings. The zero-order valence-corrected chi connectivity index (χ0v) is 18.4. The van der Waals surface area contributed by atoms with E-state index in [4.69, 9.17) is 51.8 Å². The zero-order chi connectivity index (χ0) is 20.3. The van der Waals surface area contributed by atoms with Crippen LogP contribution in [0.25, 0.3) is 6.08 Å². The number of thioether (sulfide) groups is 1. The lowest BCUT2D eigenvalue weighted by atomic mass is 10.1. The molecule has 2 aromatic rings. The number of carbonyl (C=O) groups is 1. The Balaban J connectivity index is 1.86. The summed E-state index contributed by atoms with van der Waals surface area (Å²) in [6, 6.07) is 10.4. The van der Waals surface area contributed by atoms with Crippen molar-refractivity contribution in [2.45, 2.75) is 6.61 Å². The van der Waals surface area contributed by atoms with Gasteiger partial charge in [-0.25, -0.2) is 0 Å². The first-order valence-corrected chi connectivity index (χ1v) is 10.5. The fourth-order valence-electron chi connectivity index (χ4n) is 2.49. The number of hydrogen-bond donors (Lipinski definition) is 0. The number of carbonyl (C=O) groups excluding carboxylic acids is 1. The number of hydrogen-bond acceptors (Lipinski definition) is 4. The predicted molar refractivity (Wildman–Crippen MR) is 122 cm³/mol. The average molecular weight is 471 g/mol. The molecule has 0 aliphatic carbocycles. The number of thiocarbonyl (C=S) groups is 1. The number of amides is 1. The summed E-state index contributed by atoms with van der Waals surface area (Å²) in [4.78, 5) is 14.6. The first-order chi connectivity index (χ1) is 13.4. The highest BCUT2D eigenvalue weighted by molar-refractivity contribution is 8.26. The molecule has 3 nitrogen and oxygen atoms in total. The van der Waals surface area contributed by atoms with Crippen LogP contribution in [0.3, 0.4) is 0 Å². The molecule has 144 valence electrons. The fourth-order valence-corrected chi connectivity index (χ4v) is 4.40. The van der Waals surface area contributed by atoms with Crippen molar-refractivity contribution < 1.29 is 9.53 Å². The highest BCUT2D eigenvalue weighted by Gasteiger charge is 2.31. The highest BCUT2D eigenvalue weighted by atomic mass is 35.5. The van der Waals surface area contributed by atoms with E-state index in [1.54, 1.807) is 48.6 Å². The summed E-state index contributed by atoms with van der Waals surface area (Å²) in [5.41, 5.74) is 1.47. The van der Waals surface area contributed by atoms with E-state index in [1.807, 2.05) is 0 Å². The van der Waals surface area contributed by atoms with Gasteiger partial charge in [0.15, 0.2) is 0 Å². The summed E-state index contributed by atoms with van der Waals surface area (Å²) in [7, 11) is 0. The minimum atomic E-state index is -0.165. The number of benzene rings is 2. The van der Waals surface area contributed by atoms with Crippen molar-refractivity contribution in [1.82, 2.24) is 4.90 Å². The average Bonchev–Trinajstić information content (AvgIpc) is 2.90. The minimum absolute atomic E-state index is 0.165. The summed E-state index contributed by atoms with van der Waals surface area (Å²) >= 11 is 24.8. The van der Waals surface area contributed by atoms with Crippen LogP contribution in [0.5, 0.6) is 5.75 Å². The van der Waals surface area contributed by atoms with Crippen molar-refractivity contribution in [3.8, 4) is 5.75 Å². The summed E-state index contributed by atoms with van der Waals surface area (Å²) in [6.07, 6.45) is 3.37. The van der Waals surface area contributed by atoms with E-state index in [0.717, 1.165) is 5.56 Å². The molecule has 3 rings (SSSR count). The maximum absolute atomic E-state index is 12.6. The highest BCUT2D eigenvalue weighted by Crippen LogP contribution is 2.35. The third-order valence-corrected chi connectivity index (χ3v) is 6.04. The number of halogens is 3. The molecule has 28 heavy (non-hydrogen) atoms. The second-order valence-corrected chi connectivity index (χ2v) is 8.74. The molecule has 1 aliphatic rings. The summed E-state index contributed by atoms with van der Waals surface area (Å²) in [5.74, 6) is 0.408. The first kappa shape index (κ1) is 21.2. The van der Waals surface area contributed by atoms with Crippen molar-refractivity contribution in [2.75, 3.05) is 6.54 Å². The molecule has 0 aromatic heterocycles. The smallest absolute Gasteiger partial charge is 0.266 e. The quantitative estimate of drug-likeness (QED) is 0.270. The lowest BCUT2D eigenvalue weighted by Gasteiger charge is -2.12. The molecule has 1 amide bonds. The topological polar surface area (TPSA) is 29.5 Å². The molecule has 0 atom stereocenters. The second kappa shape index (κ2) is 9.33. The molecular formula is C20H14Cl3NO2S2. The number of nitrogens with zero attached hydrogens (tertiary/aromatic N) is 1. The van der Waals surface area contributed by atoms with Crippen LogP contribution in [-0.4, -0.2) is 21.7 Å². The molecule has 0 bridgehead atoms. The Hall–Kier alpha value is -1.50. The monoisotopic (exact) mass is 469 g/mol. The molecule has 1 heterocycles. The van der Waals surface area contributed by atoms with Gasteiger partial charge in [-0.15, -0.1) is 6.58 Å². The minimum Gasteiger partial charge on any atom is -0.488 e. The first-order valence-electron chi connectivity index (χ1n) is 8.11. The van der Waals surface area contributed by atoms with E-state index in [1.165, 1.54) is 16.7 Å². The van der Waals surface area contributed by atoms with Gasteiger partial charge in [0.25, 0.3) is 5.91 Å². The van der Waals surface area contributed by atoms with Gasteiger partial charge in [0.1, 0.15) is 16.7 Å². The molecule has 0 saturated carbocycles. The van der Waals surface area contributed by atoms with Crippen molar-refractivity contribution >= 4 is 75.1 Å². The van der Waals surface area contributed by atoms with Gasteiger partial charge < -0.3 is 4.74 Å². The van der Waals surface area contributed by atoms with Gasteiger partial charge in [0.05, 0.1) is 4.91 Å². The lowest BCUT2D eigenvalue weighted by molar-refractivity contribution is -0.121. The molecule has 1 saturated heterocycles.